The van der Waals surface area contributed by atoms with Crippen molar-refractivity contribution < 1.29 is 4.79 Å². The first-order valence-electron chi connectivity index (χ1n) is 7.65. The maximum Gasteiger partial charge on any atom is 0.234 e. The molecule has 2 N–H and O–H groups in total. The Labute approximate surface area is 116 Å². The van der Waals surface area contributed by atoms with E-state index in [4.69, 9.17) is 0 Å². The lowest BCUT2D eigenvalue weighted by molar-refractivity contribution is -0.123. The van der Waals surface area contributed by atoms with Crippen molar-refractivity contribution >= 4 is 5.91 Å². The summed E-state index contributed by atoms with van der Waals surface area (Å²) >= 11 is 0. The highest BCUT2D eigenvalue weighted by Gasteiger charge is 2.28. The van der Waals surface area contributed by atoms with E-state index in [0.717, 1.165) is 58.2 Å². The van der Waals surface area contributed by atoms with Crippen LogP contribution in [0.3, 0.4) is 0 Å². The number of hydrogen-bond donors (Lipinski definition) is 2. The first-order chi connectivity index (χ1) is 9.19. The molecular formula is C14H28N4O. The molecule has 0 aromatic carbocycles. The molecule has 19 heavy (non-hydrogen) atoms. The highest BCUT2D eigenvalue weighted by Crippen LogP contribution is 2.09. The highest BCUT2D eigenvalue weighted by atomic mass is 16.2. The molecule has 0 aliphatic carbocycles. The Morgan fingerprint density at radius 1 is 1.32 bits per heavy atom. The van der Waals surface area contributed by atoms with E-state index in [9.17, 15) is 4.79 Å². The molecular weight excluding hydrogens is 240 g/mol. The van der Waals surface area contributed by atoms with E-state index in [1.807, 2.05) is 0 Å². The van der Waals surface area contributed by atoms with Crippen LogP contribution < -0.4 is 10.6 Å². The van der Waals surface area contributed by atoms with Crippen LogP contribution in [0.2, 0.25) is 0 Å². The highest BCUT2D eigenvalue weighted by molar-refractivity contribution is 5.78. The normalized spacial score (nSPS) is 23.9. The van der Waals surface area contributed by atoms with Crippen LogP contribution in [-0.4, -0.2) is 73.6 Å². The number of amides is 1. The number of carbonyl (C=O) groups is 1. The molecule has 1 amide bonds. The van der Waals surface area contributed by atoms with Gasteiger partial charge in [0.2, 0.25) is 5.91 Å². The van der Waals surface area contributed by atoms with Gasteiger partial charge in [-0.05, 0) is 13.3 Å². The molecule has 2 aliphatic heterocycles. The average Bonchev–Trinajstić information content (AvgIpc) is 2.29. The summed E-state index contributed by atoms with van der Waals surface area (Å²) in [5, 5.41) is 6.40. The fourth-order valence-corrected chi connectivity index (χ4v) is 2.85. The Balaban J connectivity index is 1.63. The standard InChI is InChI=1S/C14H28N4O/c1-3-4-12(2)16-14(19)11-17-5-7-18(8-6-17)13-9-15-10-13/h12-13,15H,3-11H2,1-2H3,(H,16,19). The van der Waals surface area contributed by atoms with Crippen LogP contribution in [0.1, 0.15) is 26.7 Å². The van der Waals surface area contributed by atoms with Crippen molar-refractivity contribution in [3.05, 3.63) is 0 Å². The molecule has 2 aliphatic rings. The van der Waals surface area contributed by atoms with E-state index < -0.39 is 0 Å². The maximum absolute atomic E-state index is 11.9. The zero-order chi connectivity index (χ0) is 13.7. The van der Waals surface area contributed by atoms with Crippen molar-refractivity contribution in [1.29, 1.82) is 0 Å². The Kier molecular flexibility index (Phi) is 5.60. The molecule has 1 atom stereocenters. The van der Waals surface area contributed by atoms with Crippen molar-refractivity contribution in [3.8, 4) is 0 Å². The van der Waals surface area contributed by atoms with Crippen molar-refractivity contribution in [2.75, 3.05) is 45.8 Å². The molecule has 2 fully saturated rings. The van der Waals surface area contributed by atoms with E-state index >= 15 is 0 Å². The SMILES string of the molecule is CCCC(C)NC(=O)CN1CCN(C2CNC2)CC1. The lowest BCUT2D eigenvalue weighted by Gasteiger charge is -2.43. The second kappa shape index (κ2) is 7.22. The van der Waals surface area contributed by atoms with E-state index in [1.54, 1.807) is 0 Å². The van der Waals surface area contributed by atoms with E-state index in [2.05, 4.69) is 34.3 Å². The summed E-state index contributed by atoms with van der Waals surface area (Å²) in [6, 6.07) is 1.04. The minimum absolute atomic E-state index is 0.180. The van der Waals surface area contributed by atoms with Crippen LogP contribution in [0.5, 0.6) is 0 Å². The van der Waals surface area contributed by atoms with Crippen molar-refractivity contribution in [1.82, 2.24) is 20.4 Å². The van der Waals surface area contributed by atoms with E-state index in [1.165, 1.54) is 0 Å². The van der Waals surface area contributed by atoms with Crippen molar-refractivity contribution in [3.63, 3.8) is 0 Å². The van der Waals surface area contributed by atoms with E-state index in [-0.39, 0.29) is 5.91 Å². The predicted molar refractivity (Wildman–Crippen MR) is 77.2 cm³/mol. The molecule has 1 unspecified atom stereocenters. The lowest BCUT2D eigenvalue weighted by Crippen LogP contribution is -2.62. The molecule has 0 spiro atoms. The molecule has 0 saturated carbocycles. The van der Waals surface area contributed by atoms with Gasteiger partial charge < -0.3 is 10.6 Å². The lowest BCUT2D eigenvalue weighted by atomic mass is 10.1. The molecule has 0 aromatic rings. The Morgan fingerprint density at radius 2 is 2.00 bits per heavy atom. The molecule has 0 aromatic heterocycles. The summed E-state index contributed by atoms with van der Waals surface area (Å²) in [5.41, 5.74) is 0. The van der Waals surface area contributed by atoms with Crippen LogP contribution in [0.4, 0.5) is 0 Å². The summed E-state index contributed by atoms with van der Waals surface area (Å²) in [7, 11) is 0. The van der Waals surface area contributed by atoms with Crippen molar-refractivity contribution in [2.24, 2.45) is 0 Å². The Morgan fingerprint density at radius 3 is 2.53 bits per heavy atom. The van der Waals surface area contributed by atoms with Gasteiger partial charge in [-0.3, -0.25) is 14.6 Å². The van der Waals surface area contributed by atoms with Gasteiger partial charge >= 0.3 is 0 Å². The second-order valence-electron chi connectivity index (χ2n) is 5.88. The molecule has 2 rings (SSSR count). The first kappa shape index (κ1) is 14.8. The third-order valence-corrected chi connectivity index (χ3v) is 4.18. The van der Waals surface area contributed by atoms with Crippen LogP contribution >= 0.6 is 0 Å². The van der Waals surface area contributed by atoms with Crippen molar-refractivity contribution in [2.45, 2.75) is 38.8 Å². The Bertz CT molecular complexity index is 285. The number of piperazine rings is 1. The molecule has 2 heterocycles. The molecule has 5 heteroatoms. The zero-order valence-corrected chi connectivity index (χ0v) is 12.3. The molecule has 0 radical (unpaired) electrons. The largest absolute Gasteiger partial charge is 0.353 e. The average molecular weight is 268 g/mol. The van der Waals surface area contributed by atoms with Gasteiger partial charge in [0.25, 0.3) is 0 Å². The summed E-state index contributed by atoms with van der Waals surface area (Å²) < 4.78 is 0. The van der Waals surface area contributed by atoms with Gasteiger partial charge in [0.05, 0.1) is 6.54 Å². The van der Waals surface area contributed by atoms with Crippen LogP contribution in [-0.2, 0) is 4.79 Å². The zero-order valence-electron chi connectivity index (χ0n) is 12.3. The summed E-state index contributed by atoms with van der Waals surface area (Å²) in [6.07, 6.45) is 2.18. The van der Waals surface area contributed by atoms with Gasteiger partial charge in [0.1, 0.15) is 0 Å². The van der Waals surface area contributed by atoms with Crippen LogP contribution in [0.15, 0.2) is 0 Å². The van der Waals surface area contributed by atoms with Gasteiger partial charge in [0, 0.05) is 51.4 Å². The quantitative estimate of drug-likeness (QED) is 0.705. The van der Waals surface area contributed by atoms with Gasteiger partial charge in [0.15, 0.2) is 0 Å². The topological polar surface area (TPSA) is 47.6 Å². The number of rotatable bonds is 6. The van der Waals surface area contributed by atoms with Crippen LogP contribution in [0, 0.1) is 0 Å². The van der Waals surface area contributed by atoms with Gasteiger partial charge in [-0.2, -0.15) is 0 Å². The molecule has 110 valence electrons. The second-order valence-corrected chi connectivity index (χ2v) is 5.88. The molecule has 2 saturated heterocycles. The smallest absolute Gasteiger partial charge is 0.234 e. The van der Waals surface area contributed by atoms with Gasteiger partial charge in [-0.15, -0.1) is 0 Å². The fourth-order valence-electron chi connectivity index (χ4n) is 2.85. The predicted octanol–water partition coefficient (Wildman–Crippen LogP) is -0.119. The van der Waals surface area contributed by atoms with Gasteiger partial charge in [-0.25, -0.2) is 0 Å². The number of nitrogens with zero attached hydrogens (tertiary/aromatic N) is 2. The van der Waals surface area contributed by atoms with E-state index in [0.29, 0.717) is 12.6 Å². The van der Waals surface area contributed by atoms with Crippen LogP contribution in [0.25, 0.3) is 0 Å². The van der Waals surface area contributed by atoms with Gasteiger partial charge in [-0.1, -0.05) is 13.3 Å². The minimum atomic E-state index is 0.180. The number of hydrogen-bond acceptors (Lipinski definition) is 4. The first-order valence-corrected chi connectivity index (χ1v) is 7.65. The fraction of sp³-hybridized carbons (Fsp3) is 0.929. The monoisotopic (exact) mass is 268 g/mol. The third kappa shape index (κ3) is 4.44. The summed E-state index contributed by atoms with van der Waals surface area (Å²) in [5.74, 6) is 0.180. The third-order valence-electron chi connectivity index (χ3n) is 4.18. The number of carbonyl (C=O) groups excluding carboxylic acids is 1. The Hall–Kier alpha value is -0.650. The summed E-state index contributed by atoms with van der Waals surface area (Å²) in [4.78, 5) is 16.7. The number of nitrogens with one attached hydrogen (secondary N) is 2. The summed E-state index contributed by atoms with van der Waals surface area (Å²) in [6.45, 7) is 11.3. The molecule has 5 nitrogen and oxygen atoms in total. The molecule has 0 bridgehead atoms. The maximum atomic E-state index is 11.9. The minimum Gasteiger partial charge on any atom is -0.353 e.